The van der Waals surface area contributed by atoms with Crippen LogP contribution < -0.4 is 10.9 Å². The molecular weight excluding hydrogens is 246 g/mol. The third kappa shape index (κ3) is 2.63. The second-order valence-corrected chi connectivity index (χ2v) is 4.21. The Morgan fingerprint density at radius 1 is 1.42 bits per heavy atom. The zero-order valence-corrected chi connectivity index (χ0v) is 10.5. The summed E-state index contributed by atoms with van der Waals surface area (Å²) in [6.45, 7) is 1.73. The number of carbonyl (C=O) groups is 1. The molecule has 6 heteroatoms. The van der Waals surface area contributed by atoms with Crippen LogP contribution in [0.5, 0.6) is 0 Å². The van der Waals surface area contributed by atoms with Crippen LogP contribution in [-0.2, 0) is 0 Å². The number of hydrogen-bond acceptors (Lipinski definition) is 4. The smallest absolute Gasteiger partial charge is 0.272 e. The van der Waals surface area contributed by atoms with Crippen LogP contribution in [0.15, 0.2) is 29.1 Å². The highest BCUT2D eigenvalue weighted by atomic mass is 16.3. The number of nitrogens with zero attached hydrogens (tertiary/aromatic N) is 1. The van der Waals surface area contributed by atoms with Crippen LogP contribution in [0.3, 0.4) is 0 Å². The number of H-pyrrole nitrogens is 1. The first kappa shape index (κ1) is 13.2. The first-order chi connectivity index (χ1) is 9.17. The normalized spacial score (nSPS) is 12.3. The van der Waals surface area contributed by atoms with Crippen LogP contribution in [0, 0.1) is 0 Å². The molecule has 0 spiro atoms. The molecule has 0 bridgehead atoms. The summed E-state index contributed by atoms with van der Waals surface area (Å²) in [5.74, 6) is -0.409. The molecule has 2 aromatic rings. The molecular formula is C13H15N3O3. The van der Waals surface area contributed by atoms with Crippen molar-refractivity contribution in [1.29, 1.82) is 0 Å². The van der Waals surface area contributed by atoms with Crippen molar-refractivity contribution in [3.05, 3.63) is 40.3 Å². The molecule has 0 radical (unpaired) electrons. The second-order valence-electron chi connectivity index (χ2n) is 4.21. The Labute approximate surface area is 109 Å². The molecule has 1 aromatic carbocycles. The Hall–Kier alpha value is -2.21. The van der Waals surface area contributed by atoms with E-state index in [4.69, 9.17) is 5.11 Å². The lowest BCUT2D eigenvalue weighted by Gasteiger charge is -2.14. The van der Waals surface area contributed by atoms with Crippen molar-refractivity contribution in [2.45, 2.75) is 19.4 Å². The van der Waals surface area contributed by atoms with Crippen molar-refractivity contribution in [3.8, 4) is 0 Å². The highest BCUT2D eigenvalue weighted by Crippen LogP contribution is 2.12. The van der Waals surface area contributed by atoms with Crippen molar-refractivity contribution in [2.24, 2.45) is 0 Å². The summed E-state index contributed by atoms with van der Waals surface area (Å²) in [5.41, 5.74) is -0.177. The van der Waals surface area contributed by atoms with Gasteiger partial charge < -0.3 is 10.4 Å². The van der Waals surface area contributed by atoms with Crippen molar-refractivity contribution in [1.82, 2.24) is 15.5 Å². The molecule has 3 N–H and O–H groups in total. The Morgan fingerprint density at radius 2 is 2.11 bits per heavy atom. The van der Waals surface area contributed by atoms with Gasteiger partial charge in [0.25, 0.3) is 11.5 Å². The van der Waals surface area contributed by atoms with Gasteiger partial charge in [-0.05, 0) is 12.5 Å². The topological polar surface area (TPSA) is 95.1 Å². The van der Waals surface area contributed by atoms with E-state index in [0.29, 0.717) is 17.2 Å². The maximum Gasteiger partial charge on any atom is 0.272 e. The number of aliphatic hydroxyl groups is 1. The summed E-state index contributed by atoms with van der Waals surface area (Å²) in [6, 6.07) is 6.45. The fourth-order valence-corrected chi connectivity index (χ4v) is 1.82. The molecule has 0 saturated heterocycles. The number of carbonyl (C=O) groups excluding carboxylic acids is 1. The fraction of sp³-hybridized carbons (Fsp3) is 0.308. The largest absolute Gasteiger partial charge is 0.394 e. The molecule has 6 nitrogen and oxygen atoms in total. The fourth-order valence-electron chi connectivity index (χ4n) is 1.82. The number of aromatic nitrogens is 2. The summed E-state index contributed by atoms with van der Waals surface area (Å²) < 4.78 is 0. The molecule has 0 unspecified atom stereocenters. The predicted molar refractivity (Wildman–Crippen MR) is 71.0 cm³/mol. The first-order valence-corrected chi connectivity index (χ1v) is 6.06. The maximum absolute atomic E-state index is 12.1. The minimum atomic E-state index is -0.409. The SMILES string of the molecule is CC[C@H](CO)NC(=O)c1n[nH]c(=O)c2ccccc12. The molecule has 0 saturated carbocycles. The number of nitrogens with one attached hydrogen (secondary N) is 2. The van der Waals surface area contributed by atoms with E-state index in [0.717, 1.165) is 0 Å². The van der Waals surface area contributed by atoms with E-state index in [1.54, 1.807) is 24.3 Å². The standard InChI is InChI=1S/C13H15N3O3/c1-2-8(7-17)14-13(19)11-9-5-3-4-6-10(9)12(18)16-15-11/h3-6,8,17H,2,7H2,1H3,(H,14,19)(H,16,18)/t8-/m1/s1. The van der Waals surface area contributed by atoms with Gasteiger partial charge in [0.05, 0.1) is 18.0 Å². The van der Waals surface area contributed by atoms with E-state index in [1.807, 2.05) is 6.92 Å². The van der Waals surface area contributed by atoms with Gasteiger partial charge in [0, 0.05) is 5.39 Å². The molecule has 1 atom stereocenters. The van der Waals surface area contributed by atoms with E-state index in [9.17, 15) is 9.59 Å². The summed E-state index contributed by atoms with van der Waals surface area (Å²) >= 11 is 0. The van der Waals surface area contributed by atoms with Crippen LogP contribution in [0.1, 0.15) is 23.8 Å². The van der Waals surface area contributed by atoms with Crippen LogP contribution >= 0.6 is 0 Å². The number of aromatic amines is 1. The molecule has 1 heterocycles. The third-order valence-electron chi connectivity index (χ3n) is 2.96. The monoisotopic (exact) mass is 261 g/mol. The molecule has 2 rings (SSSR count). The van der Waals surface area contributed by atoms with Gasteiger partial charge in [-0.2, -0.15) is 5.10 Å². The quantitative estimate of drug-likeness (QED) is 0.743. The van der Waals surface area contributed by atoms with Gasteiger partial charge >= 0.3 is 0 Å². The lowest BCUT2D eigenvalue weighted by Crippen LogP contribution is -2.37. The minimum absolute atomic E-state index is 0.135. The molecule has 1 amide bonds. The van der Waals surface area contributed by atoms with Crippen LogP contribution in [-0.4, -0.2) is 33.9 Å². The van der Waals surface area contributed by atoms with Gasteiger partial charge in [-0.1, -0.05) is 25.1 Å². The highest BCUT2D eigenvalue weighted by Gasteiger charge is 2.16. The maximum atomic E-state index is 12.1. The number of hydrogen-bond donors (Lipinski definition) is 3. The van der Waals surface area contributed by atoms with Gasteiger partial charge in [-0.3, -0.25) is 9.59 Å². The third-order valence-corrected chi connectivity index (χ3v) is 2.96. The Morgan fingerprint density at radius 3 is 2.74 bits per heavy atom. The predicted octanol–water partition coefficient (Wildman–Crippen LogP) is 0.424. The van der Waals surface area contributed by atoms with E-state index < -0.39 is 5.91 Å². The molecule has 0 aliphatic rings. The zero-order chi connectivity index (χ0) is 13.8. The van der Waals surface area contributed by atoms with Gasteiger partial charge in [0.1, 0.15) is 0 Å². The molecule has 0 fully saturated rings. The molecule has 19 heavy (non-hydrogen) atoms. The highest BCUT2D eigenvalue weighted by molar-refractivity contribution is 6.04. The lowest BCUT2D eigenvalue weighted by molar-refractivity contribution is 0.0910. The van der Waals surface area contributed by atoms with Crippen molar-refractivity contribution in [2.75, 3.05) is 6.61 Å². The first-order valence-electron chi connectivity index (χ1n) is 6.06. The number of aliphatic hydroxyl groups excluding tert-OH is 1. The Kier molecular flexibility index (Phi) is 3.91. The lowest BCUT2D eigenvalue weighted by atomic mass is 10.1. The number of fused-ring (bicyclic) bond motifs is 1. The van der Waals surface area contributed by atoms with Crippen molar-refractivity contribution in [3.63, 3.8) is 0 Å². The van der Waals surface area contributed by atoms with Gasteiger partial charge in [-0.15, -0.1) is 0 Å². The van der Waals surface area contributed by atoms with Gasteiger partial charge in [0.2, 0.25) is 0 Å². The summed E-state index contributed by atoms with van der Waals surface area (Å²) in [4.78, 5) is 23.7. The van der Waals surface area contributed by atoms with E-state index in [1.165, 1.54) is 0 Å². The number of amides is 1. The van der Waals surface area contributed by atoms with Crippen LogP contribution in [0.25, 0.3) is 10.8 Å². The van der Waals surface area contributed by atoms with E-state index in [2.05, 4.69) is 15.5 Å². The number of rotatable bonds is 4. The Balaban J connectivity index is 2.43. The second kappa shape index (κ2) is 5.62. The molecule has 100 valence electrons. The van der Waals surface area contributed by atoms with Crippen molar-refractivity contribution < 1.29 is 9.90 Å². The van der Waals surface area contributed by atoms with Crippen LogP contribution in [0.2, 0.25) is 0 Å². The van der Waals surface area contributed by atoms with Gasteiger partial charge in [0.15, 0.2) is 5.69 Å². The van der Waals surface area contributed by atoms with E-state index in [-0.39, 0.29) is 23.9 Å². The number of benzene rings is 1. The minimum Gasteiger partial charge on any atom is -0.394 e. The summed E-state index contributed by atoms with van der Waals surface area (Å²) in [6.07, 6.45) is 0.615. The molecule has 0 aliphatic carbocycles. The molecule has 0 aliphatic heterocycles. The van der Waals surface area contributed by atoms with Gasteiger partial charge in [-0.25, -0.2) is 5.10 Å². The average Bonchev–Trinajstić information content (AvgIpc) is 2.45. The average molecular weight is 261 g/mol. The zero-order valence-electron chi connectivity index (χ0n) is 10.5. The Bertz CT molecular complexity index is 647. The van der Waals surface area contributed by atoms with Crippen molar-refractivity contribution >= 4 is 16.7 Å². The summed E-state index contributed by atoms with van der Waals surface area (Å²) in [5, 5.41) is 18.8. The molecule has 1 aromatic heterocycles. The summed E-state index contributed by atoms with van der Waals surface area (Å²) in [7, 11) is 0. The van der Waals surface area contributed by atoms with E-state index >= 15 is 0 Å². The van der Waals surface area contributed by atoms with Crippen LogP contribution in [0.4, 0.5) is 0 Å².